The maximum absolute atomic E-state index is 12.8. The summed E-state index contributed by atoms with van der Waals surface area (Å²) in [5, 5.41) is 0.560. The Morgan fingerprint density at radius 2 is 1.62 bits per heavy atom. The quantitative estimate of drug-likeness (QED) is 0.663. The average Bonchev–Trinajstić information content (AvgIpc) is 2.67. The normalized spacial score (nSPS) is 13.4. The van der Waals surface area contributed by atoms with Crippen molar-refractivity contribution in [2.75, 3.05) is 0 Å². The van der Waals surface area contributed by atoms with Crippen molar-refractivity contribution in [3.05, 3.63) is 90.1 Å². The minimum Gasteiger partial charge on any atom is -0.369 e. The van der Waals surface area contributed by atoms with Crippen LogP contribution in [0.25, 0.3) is 0 Å². The number of ether oxygens (including phenoxy) is 1. The van der Waals surface area contributed by atoms with E-state index in [2.05, 4.69) is 4.98 Å². The van der Waals surface area contributed by atoms with Crippen LogP contribution in [0.4, 0.5) is 0 Å². The van der Waals surface area contributed by atoms with Crippen LogP contribution < -0.4 is 0 Å². The zero-order chi connectivity index (χ0) is 16.8. The molecule has 3 aromatic rings. The van der Waals surface area contributed by atoms with Gasteiger partial charge in [-0.25, -0.2) is 9.19 Å². The third-order valence-electron chi connectivity index (χ3n) is 3.71. The van der Waals surface area contributed by atoms with E-state index < -0.39 is 10.8 Å². The highest BCUT2D eigenvalue weighted by atomic mass is 32.2. The number of benzene rings is 2. The zero-order valence-electron chi connectivity index (χ0n) is 13.5. The number of nitrogens with zero attached hydrogens (tertiary/aromatic N) is 1. The number of pyridine rings is 1. The Morgan fingerprint density at radius 3 is 2.33 bits per heavy atom. The molecular weight excluding hydrogens is 318 g/mol. The molecule has 0 bridgehead atoms. The van der Waals surface area contributed by atoms with E-state index in [4.69, 9.17) is 4.74 Å². The van der Waals surface area contributed by atoms with E-state index in [1.165, 1.54) is 0 Å². The van der Waals surface area contributed by atoms with Gasteiger partial charge in [0.05, 0.1) is 12.7 Å². The lowest BCUT2D eigenvalue weighted by molar-refractivity contribution is 0.0504. The lowest BCUT2D eigenvalue weighted by Gasteiger charge is -2.16. The fourth-order valence-electron chi connectivity index (χ4n) is 2.41. The number of aromatic nitrogens is 1. The van der Waals surface area contributed by atoms with Crippen molar-refractivity contribution in [3.63, 3.8) is 0 Å². The zero-order valence-corrected chi connectivity index (χ0v) is 14.3. The molecule has 0 saturated carbocycles. The van der Waals surface area contributed by atoms with Gasteiger partial charge in [-0.3, -0.25) is 0 Å². The molecule has 1 aromatic heterocycles. The van der Waals surface area contributed by atoms with Gasteiger partial charge in [-0.2, -0.15) is 0 Å². The van der Waals surface area contributed by atoms with Crippen LogP contribution >= 0.6 is 0 Å². The average molecular weight is 337 g/mol. The summed E-state index contributed by atoms with van der Waals surface area (Å²) in [4.78, 5) is 5.09. The molecule has 3 nitrogen and oxygen atoms in total. The summed E-state index contributed by atoms with van der Waals surface area (Å²) in [6.07, 6.45) is 1.48. The minimum atomic E-state index is -1.32. The van der Waals surface area contributed by atoms with Gasteiger partial charge in [0.1, 0.15) is 15.8 Å². The van der Waals surface area contributed by atoms with Gasteiger partial charge in [0.25, 0.3) is 0 Å². The maximum Gasteiger partial charge on any atom is 0.137 e. The SMILES string of the molecule is CC(OCc1ccccc1)c1cccnc1S(=O)c1ccccc1. The number of hydrogen-bond acceptors (Lipinski definition) is 3. The fraction of sp³-hybridized carbons (Fsp3) is 0.150. The fourth-order valence-corrected chi connectivity index (χ4v) is 3.64. The molecule has 0 radical (unpaired) electrons. The summed E-state index contributed by atoms with van der Waals surface area (Å²) in [5.41, 5.74) is 1.97. The maximum atomic E-state index is 12.8. The standard InChI is InChI=1S/C20H19NO2S/c1-16(23-15-17-9-4-2-5-10-17)19-13-8-14-21-20(19)24(22)18-11-6-3-7-12-18/h2-14,16H,15H2,1H3. The highest BCUT2D eigenvalue weighted by Crippen LogP contribution is 2.26. The van der Waals surface area contributed by atoms with Crippen molar-refractivity contribution in [3.8, 4) is 0 Å². The third-order valence-corrected chi connectivity index (χ3v) is 5.11. The van der Waals surface area contributed by atoms with Gasteiger partial charge in [-0.15, -0.1) is 0 Å². The van der Waals surface area contributed by atoms with E-state index in [9.17, 15) is 4.21 Å². The third kappa shape index (κ3) is 3.96. The number of rotatable bonds is 6. The summed E-state index contributed by atoms with van der Waals surface area (Å²) in [7, 11) is -1.32. The molecule has 0 aliphatic rings. The van der Waals surface area contributed by atoms with Crippen LogP contribution in [0.15, 0.2) is 88.9 Å². The summed E-state index contributed by atoms with van der Waals surface area (Å²) in [6.45, 7) is 2.47. The molecule has 24 heavy (non-hydrogen) atoms. The van der Waals surface area contributed by atoms with E-state index in [1.807, 2.05) is 79.7 Å². The van der Waals surface area contributed by atoms with Gasteiger partial charge < -0.3 is 4.74 Å². The van der Waals surface area contributed by atoms with E-state index in [-0.39, 0.29) is 6.10 Å². The molecule has 2 atom stereocenters. The largest absolute Gasteiger partial charge is 0.369 e. The second-order valence-corrected chi connectivity index (χ2v) is 6.81. The first-order chi connectivity index (χ1) is 11.8. The molecule has 0 spiro atoms. The van der Waals surface area contributed by atoms with Crippen molar-refractivity contribution in [2.45, 2.75) is 29.6 Å². The predicted octanol–water partition coefficient (Wildman–Crippen LogP) is 4.53. The molecule has 1 heterocycles. The van der Waals surface area contributed by atoms with Crippen molar-refractivity contribution in [1.29, 1.82) is 0 Å². The number of hydrogen-bond donors (Lipinski definition) is 0. The Balaban J connectivity index is 1.80. The molecule has 3 rings (SSSR count). The lowest BCUT2D eigenvalue weighted by atomic mass is 10.2. The topological polar surface area (TPSA) is 39.2 Å². The van der Waals surface area contributed by atoms with Gasteiger partial charge in [0.2, 0.25) is 0 Å². The molecular formula is C20H19NO2S. The van der Waals surface area contributed by atoms with E-state index in [1.54, 1.807) is 6.20 Å². The molecule has 0 amide bonds. The van der Waals surface area contributed by atoms with Crippen molar-refractivity contribution < 1.29 is 8.95 Å². The molecule has 2 aromatic carbocycles. The molecule has 2 unspecified atom stereocenters. The van der Waals surface area contributed by atoms with E-state index in [0.29, 0.717) is 11.6 Å². The second kappa shape index (κ2) is 7.99. The first-order valence-corrected chi connectivity index (χ1v) is 8.98. The van der Waals surface area contributed by atoms with Crippen LogP contribution in [-0.4, -0.2) is 9.19 Å². The second-order valence-electron chi connectivity index (χ2n) is 5.42. The van der Waals surface area contributed by atoms with Gasteiger partial charge in [0, 0.05) is 16.7 Å². The Bertz CT molecular complexity index is 806. The summed E-state index contributed by atoms with van der Waals surface area (Å²) in [5.74, 6) is 0. The van der Waals surface area contributed by atoms with Gasteiger partial charge in [-0.1, -0.05) is 54.6 Å². The van der Waals surface area contributed by atoms with Crippen LogP contribution in [0.1, 0.15) is 24.2 Å². The van der Waals surface area contributed by atoms with Crippen LogP contribution in [0.2, 0.25) is 0 Å². The molecule has 0 N–H and O–H groups in total. The van der Waals surface area contributed by atoms with Crippen LogP contribution in [0.3, 0.4) is 0 Å². The summed E-state index contributed by atoms with van der Waals surface area (Å²) >= 11 is 0. The van der Waals surface area contributed by atoms with Crippen LogP contribution in [0, 0.1) is 0 Å². The van der Waals surface area contributed by atoms with Crippen LogP contribution in [0.5, 0.6) is 0 Å². The molecule has 0 saturated heterocycles. The van der Waals surface area contributed by atoms with E-state index >= 15 is 0 Å². The minimum absolute atomic E-state index is 0.193. The van der Waals surface area contributed by atoms with E-state index in [0.717, 1.165) is 16.0 Å². The summed E-state index contributed by atoms with van der Waals surface area (Å²) < 4.78 is 18.8. The van der Waals surface area contributed by atoms with Gasteiger partial charge in [-0.05, 0) is 30.7 Å². The first-order valence-electron chi connectivity index (χ1n) is 7.83. The highest BCUT2D eigenvalue weighted by Gasteiger charge is 2.18. The molecule has 0 aliphatic carbocycles. The molecule has 0 fully saturated rings. The molecule has 4 heteroatoms. The summed E-state index contributed by atoms with van der Waals surface area (Å²) in [6, 6.07) is 23.2. The van der Waals surface area contributed by atoms with Crippen molar-refractivity contribution in [2.24, 2.45) is 0 Å². The Morgan fingerprint density at radius 1 is 0.958 bits per heavy atom. The monoisotopic (exact) mass is 337 g/mol. The Kier molecular flexibility index (Phi) is 5.51. The van der Waals surface area contributed by atoms with Crippen molar-refractivity contribution >= 4 is 10.8 Å². The molecule has 0 aliphatic heterocycles. The highest BCUT2D eigenvalue weighted by molar-refractivity contribution is 7.85. The van der Waals surface area contributed by atoms with Crippen LogP contribution in [-0.2, 0) is 22.1 Å². The first kappa shape index (κ1) is 16.6. The Hall–Kier alpha value is -2.30. The lowest BCUT2D eigenvalue weighted by Crippen LogP contribution is -2.07. The smallest absolute Gasteiger partial charge is 0.137 e. The predicted molar refractivity (Wildman–Crippen MR) is 95.0 cm³/mol. The van der Waals surface area contributed by atoms with Gasteiger partial charge >= 0.3 is 0 Å². The van der Waals surface area contributed by atoms with Gasteiger partial charge in [0.15, 0.2) is 0 Å². The Labute approximate surface area is 144 Å². The van der Waals surface area contributed by atoms with Crippen molar-refractivity contribution in [1.82, 2.24) is 4.98 Å². The molecule has 122 valence electrons.